The summed E-state index contributed by atoms with van der Waals surface area (Å²) < 4.78 is 1.86. The summed E-state index contributed by atoms with van der Waals surface area (Å²) in [6.45, 7) is 1.07. The third-order valence-electron chi connectivity index (χ3n) is 5.72. The van der Waals surface area contributed by atoms with Crippen LogP contribution in [0.4, 0.5) is 11.4 Å². The average molecular weight is 478 g/mol. The van der Waals surface area contributed by atoms with E-state index in [1.165, 1.54) is 11.8 Å². The Balaban J connectivity index is 1.24. The predicted octanol–water partition coefficient (Wildman–Crippen LogP) is 3.64. The highest BCUT2D eigenvalue weighted by atomic mass is 32.2. The van der Waals surface area contributed by atoms with Crippen molar-refractivity contribution >= 4 is 40.9 Å². The maximum absolute atomic E-state index is 12.9. The number of thioether (sulfide) groups is 1. The van der Waals surface area contributed by atoms with E-state index < -0.39 is 0 Å². The summed E-state index contributed by atoms with van der Waals surface area (Å²) in [7, 11) is 1.88. The second kappa shape index (κ2) is 11.0. The molecule has 176 valence electrons. The summed E-state index contributed by atoms with van der Waals surface area (Å²) in [6.07, 6.45) is 4.79. The summed E-state index contributed by atoms with van der Waals surface area (Å²) in [5.41, 5.74) is 1.99. The largest absolute Gasteiger partial charge is 0.339 e. The third kappa shape index (κ3) is 6.05. The Morgan fingerprint density at radius 3 is 2.29 bits per heavy atom. The molecule has 1 aliphatic heterocycles. The van der Waals surface area contributed by atoms with Crippen molar-refractivity contribution in [3.05, 3.63) is 72.6 Å². The molecule has 9 heteroatoms. The normalized spacial score (nSPS) is 14.0. The molecule has 34 heavy (non-hydrogen) atoms. The molecule has 1 fully saturated rings. The molecule has 0 aliphatic carbocycles. The van der Waals surface area contributed by atoms with Gasteiger partial charge < -0.3 is 20.1 Å². The summed E-state index contributed by atoms with van der Waals surface area (Å²) in [6, 6.07) is 16.3. The van der Waals surface area contributed by atoms with Crippen LogP contribution in [0.2, 0.25) is 0 Å². The molecule has 1 saturated heterocycles. The first-order valence-electron chi connectivity index (χ1n) is 11.1. The van der Waals surface area contributed by atoms with Gasteiger partial charge in [-0.15, -0.1) is 0 Å². The number of likely N-dealkylation sites (tertiary alicyclic amines) is 1. The number of carbonyl (C=O) groups excluding carboxylic acids is 3. The number of rotatable bonds is 7. The van der Waals surface area contributed by atoms with Gasteiger partial charge in [-0.2, -0.15) is 0 Å². The molecule has 3 amide bonds. The fourth-order valence-corrected chi connectivity index (χ4v) is 4.54. The van der Waals surface area contributed by atoms with Crippen molar-refractivity contribution in [3.8, 4) is 0 Å². The number of hydrogen-bond acceptors (Lipinski definition) is 5. The van der Waals surface area contributed by atoms with Crippen LogP contribution in [0.5, 0.6) is 0 Å². The van der Waals surface area contributed by atoms with Gasteiger partial charge in [-0.1, -0.05) is 30.0 Å². The van der Waals surface area contributed by atoms with Gasteiger partial charge in [0.2, 0.25) is 11.8 Å². The topological polar surface area (TPSA) is 96.3 Å². The number of carbonyl (C=O) groups is 3. The SMILES string of the molecule is Cn1ccnc1SCC(=O)Nc1ccc(C(=O)N2CCC(C(=O)Nc3ccccc3)CC2)cc1. The maximum Gasteiger partial charge on any atom is 0.253 e. The summed E-state index contributed by atoms with van der Waals surface area (Å²) in [5, 5.41) is 6.56. The minimum atomic E-state index is -0.136. The first-order chi connectivity index (χ1) is 16.5. The van der Waals surface area contributed by atoms with Crippen molar-refractivity contribution in [3.63, 3.8) is 0 Å². The number of anilines is 2. The smallest absolute Gasteiger partial charge is 0.253 e. The van der Waals surface area contributed by atoms with Crippen LogP contribution in [0.25, 0.3) is 0 Å². The molecule has 2 heterocycles. The van der Waals surface area contributed by atoms with Crippen LogP contribution in [0, 0.1) is 5.92 Å². The number of benzene rings is 2. The van der Waals surface area contributed by atoms with E-state index in [0.717, 1.165) is 10.8 Å². The van der Waals surface area contributed by atoms with Crippen molar-refractivity contribution < 1.29 is 14.4 Å². The van der Waals surface area contributed by atoms with Crippen molar-refractivity contribution in [1.82, 2.24) is 14.5 Å². The standard InChI is InChI=1S/C25H27N5O3S/c1-29-16-13-26-25(29)34-17-22(31)27-21-9-7-19(8-10-21)24(33)30-14-11-18(12-15-30)23(32)28-20-5-3-2-4-6-20/h2-10,13,16,18H,11-12,14-15,17H2,1H3,(H,27,31)(H,28,32). The third-order valence-corrected chi connectivity index (χ3v) is 6.78. The van der Waals surface area contributed by atoms with E-state index in [4.69, 9.17) is 0 Å². The van der Waals surface area contributed by atoms with E-state index in [9.17, 15) is 14.4 Å². The van der Waals surface area contributed by atoms with Gasteiger partial charge in [0.1, 0.15) is 0 Å². The lowest BCUT2D eigenvalue weighted by Crippen LogP contribution is -2.41. The first kappa shape index (κ1) is 23.6. The molecule has 2 aromatic carbocycles. The Bertz CT molecular complexity index is 1140. The van der Waals surface area contributed by atoms with Crippen LogP contribution in [0.15, 0.2) is 72.1 Å². The van der Waals surface area contributed by atoms with Crippen molar-refractivity contribution in [1.29, 1.82) is 0 Å². The van der Waals surface area contributed by atoms with Gasteiger partial charge in [-0.3, -0.25) is 14.4 Å². The molecule has 8 nitrogen and oxygen atoms in total. The van der Waals surface area contributed by atoms with Gasteiger partial charge in [0.25, 0.3) is 5.91 Å². The van der Waals surface area contributed by atoms with Crippen molar-refractivity contribution in [2.45, 2.75) is 18.0 Å². The van der Waals surface area contributed by atoms with E-state index in [1.807, 2.05) is 48.1 Å². The molecule has 3 aromatic rings. The number of hydrogen-bond donors (Lipinski definition) is 2. The zero-order valence-electron chi connectivity index (χ0n) is 18.9. The van der Waals surface area contributed by atoms with Crippen molar-refractivity contribution in [2.24, 2.45) is 13.0 Å². The lowest BCUT2D eigenvalue weighted by atomic mass is 9.95. The molecule has 0 radical (unpaired) electrons. The molecule has 0 unspecified atom stereocenters. The summed E-state index contributed by atoms with van der Waals surface area (Å²) in [4.78, 5) is 43.6. The summed E-state index contributed by atoms with van der Waals surface area (Å²) in [5.74, 6) is -0.0591. The van der Waals surface area contributed by atoms with Crippen LogP contribution in [-0.4, -0.2) is 51.0 Å². The molecule has 0 bridgehead atoms. The van der Waals surface area contributed by atoms with E-state index in [-0.39, 0.29) is 29.4 Å². The lowest BCUT2D eigenvalue weighted by molar-refractivity contribution is -0.121. The van der Waals surface area contributed by atoms with E-state index in [1.54, 1.807) is 35.4 Å². The van der Waals surface area contributed by atoms with Gasteiger partial charge in [0.05, 0.1) is 5.75 Å². The Labute approximate surface area is 202 Å². The fraction of sp³-hybridized carbons (Fsp3) is 0.280. The number of aromatic nitrogens is 2. The van der Waals surface area contributed by atoms with Gasteiger partial charge in [0.15, 0.2) is 5.16 Å². The predicted molar refractivity (Wildman–Crippen MR) is 133 cm³/mol. The lowest BCUT2D eigenvalue weighted by Gasteiger charge is -2.31. The average Bonchev–Trinajstić information content (AvgIpc) is 3.28. The van der Waals surface area contributed by atoms with Gasteiger partial charge in [0, 0.05) is 55.4 Å². The first-order valence-corrected chi connectivity index (χ1v) is 12.1. The second-order valence-electron chi connectivity index (χ2n) is 8.16. The quantitative estimate of drug-likeness (QED) is 0.507. The zero-order valence-corrected chi connectivity index (χ0v) is 19.8. The molecule has 2 N–H and O–H groups in total. The summed E-state index contributed by atoms with van der Waals surface area (Å²) >= 11 is 1.36. The van der Waals surface area contributed by atoms with E-state index in [0.29, 0.717) is 37.2 Å². The Morgan fingerprint density at radius 1 is 0.971 bits per heavy atom. The Kier molecular flexibility index (Phi) is 7.64. The van der Waals surface area contributed by atoms with Gasteiger partial charge in [-0.05, 0) is 49.2 Å². The second-order valence-corrected chi connectivity index (χ2v) is 9.10. The molecule has 0 atom stereocenters. The fourth-order valence-electron chi connectivity index (χ4n) is 3.81. The van der Waals surface area contributed by atoms with E-state index in [2.05, 4.69) is 15.6 Å². The van der Waals surface area contributed by atoms with Gasteiger partial charge >= 0.3 is 0 Å². The molecular weight excluding hydrogens is 450 g/mol. The molecule has 4 rings (SSSR count). The molecular formula is C25H27N5O3S. The van der Waals surface area contributed by atoms with E-state index >= 15 is 0 Å². The Hall–Kier alpha value is -3.59. The zero-order chi connectivity index (χ0) is 23.9. The number of aryl methyl sites for hydroxylation is 1. The van der Waals surface area contributed by atoms with Crippen LogP contribution in [-0.2, 0) is 16.6 Å². The minimum Gasteiger partial charge on any atom is -0.339 e. The highest BCUT2D eigenvalue weighted by Crippen LogP contribution is 2.22. The molecule has 1 aromatic heterocycles. The van der Waals surface area contributed by atoms with Crippen LogP contribution in [0.3, 0.4) is 0 Å². The molecule has 1 aliphatic rings. The van der Waals surface area contributed by atoms with Crippen molar-refractivity contribution in [2.75, 3.05) is 29.5 Å². The monoisotopic (exact) mass is 477 g/mol. The van der Waals surface area contributed by atoms with Crippen LogP contribution < -0.4 is 10.6 Å². The number of amides is 3. The molecule has 0 spiro atoms. The number of nitrogens with one attached hydrogen (secondary N) is 2. The highest BCUT2D eigenvalue weighted by molar-refractivity contribution is 7.99. The number of imidazole rings is 1. The Morgan fingerprint density at radius 2 is 1.65 bits per heavy atom. The molecule has 0 saturated carbocycles. The number of nitrogens with zero attached hydrogens (tertiary/aromatic N) is 3. The van der Waals surface area contributed by atoms with Crippen LogP contribution >= 0.6 is 11.8 Å². The minimum absolute atomic E-state index is 0.000493. The number of para-hydroxylation sites is 1. The van der Waals surface area contributed by atoms with Gasteiger partial charge in [-0.25, -0.2) is 4.98 Å². The maximum atomic E-state index is 12.9. The number of piperidine rings is 1. The van der Waals surface area contributed by atoms with Crippen LogP contribution in [0.1, 0.15) is 23.2 Å². The highest BCUT2D eigenvalue weighted by Gasteiger charge is 2.28.